The number of alkyl halides is 3. The van der Waals surface area contributed by atoms with Crippen LogP contribution >= 0.6 is 0 Å². The van der Waals surface area contributed by atoms with Crippen molar-refractivity contribution in [1.82, 2.24) is 9.97 Å². The minimum atomic E-state index is -4.42. The van der Waals surface area contributed by atoms with E-state index in [2.05, 4.69) is 14.9 Å². The number of hydrogen-bond acceptors (Lipinski definition) is 5. The summed E-state index contributed by atoms with van der Waals surface area (Å²) in [6, 6.07) is 14.0. The van der Waals surface area contributed by atoms with Crippen molar-refractivity contribution < 1.29 is 23.0 Å². The average Bonchev–Trinajstić information content (AvgIpc) is 3.22. The number of aliphatic hydroxyl groups is 1. The van der Waals surface area contributed by atoms with E-state index in [9.17, 15) is 18.3 Å². The Bertz CT molecular complexity index is 995. The first-order chi connectivity index (χ1) is 14.4. The van der Waals surface area contributed by atoms with Crippen molar-refractivity contribution in [2.45, 2.75) is 25.3 Å². The van der Waals surface area contributed by atoms with Gasteiger partial charge < -0.3 is 14.7 Å². The van der Waals surface area contributed by atoms with Gasteiger partial charge in [-0.05, 0) is 17.7 Å². The van der Waals surface area contributed by atoms with Crippen LogP contribution in [-0.2, 0) is 12.8 Å². The second-order valence-corrected chi connectivity index (χ2v) is 7.07. The zero-order chi connectivity index (χ0) is 21.1. The molecule has 3 heterocycles. The summed E-state index contributed by atoms with van der Waals surface area (Å²) < 4.78 is 43.8. The van der Waals surface area contributed by atoms with Crippen LogP contribution in [0.5, 0.6) is 5.88 Å². The van der Waals surface area contributed by atoms with Gasteiger partial charge in [-0.1, -0.05) is 30.3 Å². The van der Waals surface area contributed by atoms with Gasteiger partial charge in [0.1, 0.15) is 6.10 Å². The normalized spacial score (nSPS) is 16.7. The van der Waals surface area contributed by atoms with Gasteiger partial charge in [0, 0.05) is 37.0 Å². The predicted molar refractivity (Wildman–Crippen MR) is 106 cm³/mol. The molecule has 1 N–H and O–H groups in total. The number of benzene rings is 1. The van der Waals surface area contributed by atoms with Crippen LogP contribution in [0, 0.1) is 0 Å². The van der Waals surface area contributed by atoms with E-state index < -0.39 is 11.7 Å². The van der Waals surface area contributed by atoms with Gasteiger partial charge in [0.15, 0.2) is 0 Å². The molecule has 1 saturated heterocycles. The molecular weight excluding hydrogens is 395 g/mol. The molecule has 30 heavy (non-hydrogen) atoms. The summed E-state index contributed by atoms with van der Waals surface area (Å²) in [6.45, 7) is 1.01. The van der Waals surface area contributed by atoms with Crippen LogP contribution < -0.4 is 9.64 Å². The standard InChI is InChI=1S/C22H20F3N3O2/c23-22(24,25)17-6-7-21(27-12-17)30-18-8-9-28(13-18)20-10-16(11-26-19(20)14-29)15-4-2-1-3-5-15/h1-7,10-12,18,29H,8-9,13-14H2. The Kier molecular flexibility index (Phi) is 5.59. The zero-order valence-electron chi connectivity index (χ0n) is 16.0. The van der Waals surface area contributed by atoms with Crippen molar-refractivity contribution >= 4 is 5.69 Å². The smallest absolute Gasteiger partial charge is 0.417 e. The van der Waals surface area contributed by atoms with E-state index in [4.69, 9.17) is 4.74 Å². The summed E-state index contributed by atoms with van der Waals surface area (Å²) >= 11 is 0. The highest BCUT2D eigenvalue weighted by Crippen LogP contribution is 2.31. The lowest BCUT2D eigenvalue weighted by molar-refractivity contribution is -0.137. The Labute approximate surface area is 171 Å². The molecule has 1 aromatic carbocycles. The molecule has 156 valence electrons. The van der Waals surface area contributed by atoms with E-state index in [1.807, 2.05) is 36.4 Å². The maximum Gasteiger partial charge on any atom is 0.417 e. The minimum Gasteiger partial charge on any atom is -0.472 e. The van der Waals surface area contributed by atoms with Crippen LogP contribution in [0.15, 0.2) is 60.9 Å². The topological polar surface area (TPSA) is 58.5 Å². The molecule has 1 aliphatic heterocycles. The summed E-state index contributed by atoms with van der Waals surface area (Å²) in [5.74, 6) is 0.161. The first-order valence-electron chi connectivity index (χ1n) is 9.54. The predicted octanol–water partition coefficient (Wildman–Crippen LogP) is 4.31. The Morgan fingerprint density at radius 1 is 1.03 bits per heavy atom. The number of ether oxygens (including phenoxy) is 1. The summed E-state index contributed by atoms with van der Waals surface area (Å²) in [5.41, 5.74) is 2.56. The largest absolute Gasteiger partial charge is 0.472 e. The molecule has 3 aromatic rings. The van der Waals surface area contributed by atoms with Gasteiger partial charge in [0.25, 0.3) is 0 Å². The third-order valence-electron chi connectivity index (χ3n) is 5.04. The Morgan fingerprint density at radius 2 is 1.83 bits per heavy atom. The van der Waals surface area contributed by atoms with E-state index in [-0.39, 0.29) is 18.6 Å². The van der Waals surface area contributed by atoms with Gasteiger partial charge in [-0.3, -0.25) is 4.98 Å². The maximum atomic E-state index is 12.7. The van der Waals surface area contributed by atoms with Gasteiger partial charge in [-0.2, -0.15) is 13.2 Å². The third kappa shape index (κ3) is 4.38. The number of rotatable bonds is 5. The number of halogens is 3. The van der Waals surface area contributed by atoms with Crippen molar-refractivity contribution in [3.63, 3.8) is 0 Å². The molecule has 4 rings (SSSR count). The lowest BCUT2D eigenvalue weighted by Crippen LogP contribution is -2.26. The summed E-state index contributed by atoms with van der Waals surface area (Å²) in [5, 5.41) is 9.71. The zero-order valence-corrected chi connectivity index (χ0v) is 16.0. The third-order valence-corrected chi connectivity index (χ3v) is 5.04. The molecule has 2 aromatic heterocycles. The molecule has 0 spiro atoms. The Hall–Kier alpha value is -3.13. The van der Waals surface area contributed by atoms with Crippen LogP contribution in [0.1, 0.15) is 17.7 Å². The van der Waals surface area contributed by atoms with E-state index >= 15 is 0 Å². The van der Waals surface area contributed by atoms with Crippen molar-refractivity contribution in [3.8, 4) is 17.0 Å². The van der Waals surface area contributed by atoms with Crippen molar-refractivity contribution in [2.24, 2.45) is 0 Å². The van der Waals surface area contributed by atoms with E-state index in [1.54, 1.807) is 6.20 Å². The van der Waals surface area contributed by atoms with Crippen molar-refractivity contribution in [2.75, 3.05) is 18.0 Å². The minimum absolute atomic E-state index is 0.161. The second kappa shape index (κ2) is 8.31. The molecule has 5 nitrogen and oxygen atoms in total. The molecule has 0 aliphatic carbocycles. The molecule has 0 amide bonds. The highest BCUT2D eigenvalue weighted by atomic mass is 19.4. The van der Waals surface area contributed by atoms with Gasteiger partial charge in [-0.25, -0.2) is 4.98 Å². The maximum absolute atomic E-state index is 12.7. The Morgan fingerprint density at radius 3 is 2.50 bits per heavy atom. The highest BCUT2D eigenvalue weighted by Gasteiger charge is 2.31. The quantitative estimate of drug-likeness (QED) is 0.673. The second-order valence-electron chi connectivity index (χ2n) is 7.07. The lowest BCUT2D eigenvalue weighted by Gasteiger charge is -2.22. The fourth-order valence-electron chi connectivity index (χ4n) is 3.50. The van der Waals surface area contributed by atoms with Crippen LogP contribution in [0.2, 0.25) is 0 Å². The molecular formula is C22H20F3N3O2. The van der Waals surface area contributed by atoms with E-state index in [0.29, 0.717) is 25.2 Å². The van der Waals surface area contributed by atoms with Crippen LogP contribution in [0.4, 0.5) is 18.9 Å². The summed E-state index contributed by atoms with van der Waals surface area (Å²) in [7, 11) is 0. The number of aromatic nitrogens is 2. The first kappa shape index (κ1) is 20.2. The average molecular weight is 415 g/mol. The number of anilines is 1. The van der Waals surface area contributed by atoms with E-state index in [1.165, 1.54) is 6.07 Å². The van der Waals surface area contributed by atoms with Crippen LogP contribution in [-0.4, -0.2) is 34.3 Å². The van der Waals surface area contributed by atoms with Gasteiger partial charge in [0.05, 0.1) is 30.1 Å². The SMILES string of the molecule is OCc1ncc(-c2ccccc2)cc1N1CCC(Oc2ccc(C(F)(F)F)cn2)C1. The molecule has 0 radical (unpaired) electrons. The molecule has 0 saturated carbocycles. The monoisotopic (exact) mass is 415 g/mol. The highest BCUT2D eigenvalue weighted by molar-refractivity contribution is 5.69. The summed E-state index contributed by atoms with van der Waals surface area (Å²) in [6.07, 6.45) is -1.45. The first-order valence-corrected chi connectivity index (χ1v) is 9.54. The van der Waals surface area contributed by atoms with Gasteiger partial charge in [0.2, 0.25) is 5.88 Å². The number of pyridine rings is 2. The molecule has 1 atom stereocenters. The number of aliphatic hydroxyl groups excluding tert-OH is 1. The van der Waals surface area contributed by atoms with Gasteiger partial charge >= 0.3 is 6.18 Å². The molecule has 0 bridgehead atoms. The van der Waals surface area contributed by atoms with Crippen molar-refractivity contribution in [1.29, 1.82) is 0 Å². The van der Waals surface area contributed by atoms with Crippen molar-refractivity contribution in [3.05, 3.63) is 72.2 Å². The fraction of sp³-hybridized carbons (Fsp3) is 0.273. The summed E-state index contributed by atoms with van der Waals surface area (Å²) in [4.78, 5) is 10.3. The van der Waals surface area contributed by atoms with Crippen LogP contribution in [0.25, 0.3) is 11.1 Å². The number of nitrogens with zero attached hydrogens (tertiary/aromatic N) is 3. The Balaban J connectivity index is 1.49. The van der Waals surface area contributed by atoms with Crippen LogP contribution in [0.3, 0.4) is 0 Å². The fourth-order valence-corrected chi connectivity index (χ4v) is 3.50. The molecule has 1 aliphatic rings. The molecule has 8 heteroatoms. The van der Waals surface area contributed by atoms with Gasteiger partial charge in [-0.15, -0.1) is 0 Å². The van der Waals surface area contributed by atoms with E-state index in [0.717, 1.165) is 29.1 Å². The number of hydrogen-bond donors (Lipinski definition) is 1. The molecule has 1 fully saturated rings. The molecule has 1 unspecified atom stereocenters. The lowest BCUT2D eigenvalue weighted by atomic mass is 10.1.